The molecule has 0 spiro atoms. The van der Waals surface area contributed by atoms with Crippen LogP contribution in [0.15, 0.2) is 16.8 Å². The molecular formula is C13H16N2O2S. The first-order chi connectivity index (χ1) is 8.58. The van der Waals surface area contributed by atoms with E-state index in [2.05, 4.69) is 5.10 Å². The molecule has 5 heteroatoms. The Morgan fingerprint density at radius 1 is 1.50 bits per heavy atom. The predicted molar refractivity (Wildman–Crippen MR) is 71.0 cm³/mol. The van der Waals surface area contributed by atoms with Crippen molar-refractivity contribution in [3.63, 3.8) is 0 Å². The van der Waals surface area contributed by atoms with Gasteiger partial charge in [0, 0.05) is 7.05 Å². The molecule has 2 aromatic rings. The Morgan fingerprint density at radius 2 is 2.28 bits per heavy atom. The molecule has 0 aliphatic rings. The third-order valence-corrected chi connectivity index (χ3v) is 3.59. The molecule has 0 bridgehead atoms. The van der Waals surface area contributed by atoms with Crippen molar-refractivity contribution in [2.75, 3.05) is 0 Å². The van der Waals surface area contributed by atoms with Crippen LogP contribution < -0.4 is 4.74 Å². The number of aromatic nitrogens is 2. The molecule has 4 nitrogen and oxygen atoms in total. The molecule has 2 aromatic heterocycles. The Kier molecular flexibility index (Phi) is 3.81. The summed E-state index contributed by atoms with van der Waals surface area (Å²) in [6, 6.07) is 2.03. The predicted octanol–water partition coefficient (Wildman–Crippen LogP) is 2.64. The van der Waals surface area contributed by atoms with Crippen molar-refractivity contribution in [1.82, 2.24) is 9.78 Å². The Hall–Kier alpha value is -1.62. The summed E-state index contributed by atoms with van der Waals surface area (Å²) >= 11 is 1.64. The topological polar surface area (TPSA) is 44.1 Å². The Balaban J connectivity index is 1.95. The van der Waals surface area contributed by atoms with Crippen LogP contribution in [0.25, 0.3) is 0 Å². The van der Waals surface area contributed by atoms with Crippen molar-refractivity contribution >= 4 is 17.3 Å². The molecule has 0 unspecified atom stereocenters. The van der Waals surface area contributed by atoms with Crippen LogP contribution in [0.4, 0.5) is 0 Å². The van der Waals surface area contributed by atoms with Crippen molar-refractivity contribution in [1.29, 1.82) is 0 Å². The van der Waals surface area contributed by atoms with Crippen molar-refractivity contribution in [2.24, 2.45) is 7.05 Å². The zero-order valence-electron chi connectivity index (χ0n) is 10.8. The molecule has 0 aromatic carbocycles. The number of rotatable bonds is 4. The molecule has 2 rings (SSSR count). The van der Waals surface area contributed by atoms with Crippen LogP contribution >= 0.6 is 11.3 Å². The van der Waals surface area contributed by atoms with E-state index in [9.17, 15) is 4.79 Å². The zero-order valence-corrected chi connectivity index (χ0v) is 11.6. The summed E-state index contributed by atoms with van der Waals surface area (Å²) in [5.41, 5.74) is 2.80. The molecule has 96 valence electrons. The number of aryl methyl sites for hydroxylation is 3. The molecule has 0 saturated carbocycles. The minimum Gasteiger partial charge on any atom is -0.423 e. The number of hydrogen-bond donors (Lipinski definition) is 0. The van der Waals surface area contributed by atoms with Gasteiger partial charge in [0.05, 0.1) is 12.1 Å². The van der Waals surface area contributed by atoms with Gasteiger partial charge in [-0.25, -0.2) is 0 Å². The highest BCUT2D eigenvalue weighted by molar-refractivity contribution is 7.07. The van der Waals surface area contributed by atoms with E-state index in [1.54, 1.807) is 16.0 Å². The number of carbonyl (C=O) groups excluding carboxylic acids is 1. The second kappa shape index (κ2) is 5.35. The van der Waals surface area contributed by atoms with Crippen molar-refractivity contribution in [3.8, 4) is 5.75 Å². The van der Waals surface area contributed by atoms with E-state index in [-0.39, 0.29) is 5.97 Å². The molecule has 0 radical (unpaired) electrons. The second-order valence-electron chi connectivity index (χ2n) is 4.23. The van der Waals surface area contributed by atoms with E-state index >= 15 is 0 Å². The maximum absolute atomic E-state index is 11.8. The van der Waals surface area contributed by atoms with Crippen LogP contribution in [-0.2, 0) is 18.3 Å². The average molecular weight is 264 g/mol. The highest BCUT2D eigenvalue weighted by Gasteiger charge is 2.14. The lowest BCUT2D eigenvalue weighted by Crippen LogP contribution is -2.10. The Labute approximate surface area is 110 Å². The summed E-state index contributed by atoms with van der Waals surface area (Å²) in [5.74, 6) is 0.383. The second-order valence-corrected chi connectivity index (χ2v) is 5.01. The number of carbonyl (C=O) groups is 1. The zero-order chi connectivity index (χ0) is 13.1. The van der Waals surface area contributed by atoms with Crippen LogP contribution in [0.2, 0.25) is 0 Å². The van der Waals surface area contributed by atoms with Gasteiger partial charge < -0.3 is 4.74 Å². The molecule has 0 aliphatic heterocycles. The summed E-state index contributed by atoms with van der Waals surface area (Å²) in [5, 5.41) is 8.27. The lowest BCUT2D eigenvalue weighted by molar-refractivity contribution is -0.134. The van der Waals surface area contributed by atoms with E-state index in [4.69, 9.17) is 4.74 Å². The van der Waals surface area contributed by atoms with Gasteiger partial charge in [0.2, 0.25) is 0 Å². The molecule has 0 atom stereocenters. The number of thiophene rings is 1. The smallest absolute Gasteiger partial charge is 0.311 e. The molecule has 0 N–H and O–H groups in total. The first-order valence-corrected chi connectivity index (χ1v) is 6.74. The van der Waals surface area contributed by atoms with Crippen molar-refractivity contribution in [2.45, 2.75) is 26.7 Å². The lowest BCUT2D eigenvalue weighted by Gasteiger charge is -2.04. The fraction of sp³-hybridized carbons (Fsp3) is 0.385. The SMILES string of the molecule is Cc1nn(C)c(C)c1OC(=O)CCc1ccsc1. The minimum atomic E-state index is -0.208. The fourth-order valence-electron chi connectivity index (χ4n) is 1.75. The molecule has 18 heavy (non-hydrogen) atoms. The molecule has 0 aliphatic carbocycles. The molecule has 0 fully saturated rings. The largest absolute Gasteiger partial charge is 0.423 e. The van der Waals surface area contributed by atoms with E-state index in [1.807, 2.05) is 37.7 Å². The van der Waals surface area contributed by atoms with Gasteiger partial charge in [-0.3, -0.25) is 9.48 Å². The third kappa shape index (κ3) is 2.79. The first kappa shape index (κ1) is 12.8. The Morgan fingerprint density at radius 3 is 2.83 bits per heavy atom. The van der Waals surface area contributed by atoms with Gasteiger partial charge >= 0.3 is 5.97 Å². The number of hydrogen-bond acceptors (Lipinski definition) is 4. The maximum atomic E-state index is 11.8. The summed E-state index contributed by atoms with van der Waals surface area (Å²) < 4.78 is 7.10. The lowest BCUT2D eigenvalue weighted by atomic mass is 10.2. The number of ether oxygens (including phenoxy) is 1. The third-order valence-electron chi connectivity index (χ3n) is 2.86. The Bertz CT molecular complexity index is 544. The van der Waals surface area contributed by atoms with Crippen LogP contribution in [-0.4, -0.2) is 15.7 Å². The normalized spacial score (nSPS) is 10.6. The van der Waals surface area contributed by atoms with Crippen molar-refractivity contribution in [3.05, 3.63) is 33.8 Å². The van der Waals surface area contributed by atoms with Crippen molar-refractivity contribution < 1.29 is 9.53 Å². The highest BCUT2D eigenvalue weighted by atomic mass is 32.1. The molecule has 0 amide bonds. The first-order valence-electron chi connectivity index (χ1n) is 5.80. The van der Waals surface area contributed by atoms with Gasteiger partial charge in [-0.2, -0.15) is 16.4 Å². The summed E-state index contributed by atoms with van der Waals surface area (Å²) in [7, 11) is 1.84. The van der Waals surface area contributed by atoms with E-state index in [1.165, 1.54) is 5.56 Å². The number of esters is 1. The van der Waals surface area contributed by atoms with Gasteiger partial charge in [0.15, 0.2) is 5.75 Å². The van der Waals surface area contributed by atoms with E-state index in [0.717, 1.165) is 17.8 Å². The standard InChI is InChI=1S/C13H16N2O2S/c1-9-13(10(2)15(3)14-9)17-12(16)5-4-11-6-7-18-8-11/h6-8H,4-5H2,1-3H3. The van der Waals surface area contributed by atoms with E-state index in [0.29, 0.717) is 12.2 Å². The van der Waals surface area contributed by atoms with Crippen LogP contribution in [0, 0.1) is 13.8 Å². The van der Waals surface area contributed by atoms with Crippen LogP contribution in [0.5, 0.6) is 5.75 Å². The van der Waals surface area contributed by atoms with Gasteiger partial charge in [0.1, 0.15) is 5.69 Å². The van der Waals surface area contributed by atoms with Gasteiger partial charge in [-0.05, 0) is 42.7 Å². The van der Waals surface area contributed by atoms with Gasteiger partial charge in [0.25, 0.3) is 0 Å². The number of nitrogens with zero attached hydrogens (tertiary/aromatic N) is 2. The van der Waals surface area contributed by atoms with Gasteiger partial charge in [-0.1, -0.05) is 0 Å². The molecule has 0 saturated heterocycles. The summed E-state index contributed by atoms with van der Waals surface area (Å²) in [4.78, 5) is 11.8. The molecular weight excluding hydrogens is 248 g/mol. The van der Waals surface area contributed by atoms with Crippen LogP contribution in [0.1, 0.15) is 23.4 Å². The molecule has 2 heterocycles. The minimum absolute atomic E-state index is 0.208. The maximum Gasteiger partial charge on any atom is 0.311 e. The highest BCUT2D eigenvalue weighted by Crippen LogP contribution is 2.22. The van der Waals surface area contributed by atoms with E-state index < -0.39 is 0 Å². The summed E-state index contributed by atoms with van der Waals surface area (Å²) in [6.07, 6.45) is 1.12. The average Bonchev–Trinajstić information content (AvgIpc) is 2.92. The monoisotopic (exact) mass is 264 g/mol. The van der Waals surface area contributed by atoms with Gasteiger partial charge in [-0.15, -0.1) is 0 Å². The van der Waals surface area contributed by atoms with Crippen LogP contribution in [0.3, 0.4) is 0 Å². The fourth-order valence-corrected chi connectivity index (χ4v) is 2.45. The quantitative estimate of drug-likeness (QED) is 0.797. The summed E-state index contributed by atoms with van der Waals surface area (Å²) in [6.45, 7) is 3.73.